The lowest BCUT2D eigenvalue weighted by Crippen LogP contribution is -2.48. The van der Waals surface area contributed by atoms with Gasteiger partial charge in [-0.05, 0) is 67.8 Å². The molecule has 3 nitrogen and oxygen atoms in total. The van der Waals surface area contributed by atoms with Crippen LogP contribution in [0.3, 0.4) is 0 Å². The summed E-state index contributed by atoms with van der Waals surface area (Å²) in [4.78, 5) is 2.32. The first kappa shape index (κ1) is 31.6. The molecule has 2 aromatic rings. The van der Waals surface area contributed by atoms with Crippen molar-refractivity contribution in [2.24, 2.45) is 0 Å². The van der Waals surface area contributed by atoms with E-state index < -0.39 is 41.5 Å². The van der Waals surface area contributed by atoms with Crippen LogP contribution in [-0.4, -0.2) is 43.2 Å². The number of piperidine rings is 1. The summed E-state index contributed by atoms with van der Waals surface area (Å²) in [5.74, 6) is -0.601. The molecule has 0 radical (unpaired) electrons. The normalized spacial score (nSPS) is 23.7. The van der Waals surface area contributed by atoms with Gasteiger partial charge >= 0.3 is 12.4 Å². The maximum Gasteiger partial charge on any atom is 0.416 e. The minimum Gasteiger partial charge on any atom is -0.370 e. The summed E-state index contributed by atoms with van der Waals surface area (Å²) in [5.41, 5.74) is -2.10. The number of halogens is 9. The molecule has 0 aromatic heterocycles. The minimum absolute atomic E-state index is 0. The van der Waals surface area contributed by atoms with Crippen LogP contribution in [0.4, 0.5) is 30.7 Å². The van der Waals surface area contributed by atoms with E-state index in [1.165, 1.54) is 19.1 Å². The number of benzene rings is 2. The lowest BCUT2D eigenvalue weighted by atomic mass is 9.86. The van der Waals surface area contributed by atoms with Crippen LogP contribution >= 0.6 is 24.8 Å². The van der Waals surface area contributed by atoms with Gasteiger partial charge in [-0.2, -0.15) is 26.3 Å². The third-order valence-electron chi connectivity index (χ3n) is 6.89. The molecule has 2 aliphatic heterocycles. The molecule has 1 N–H and O–H groups in total. The number of likely N-dealkylation sites (tertiary alicyclic amines) is 1. The van der Waals surface area contributed by atoms with Crippen molar-refractivity contribution in [3.8, 4) is 0 Å². The Bertz CT molecular complexity index is 979. The summed E-state index contributed by atoms with van der Waals surface area (Å²) >= 11 is 0. The van der Waals surface area contributed by atoms with Gasteiger partial charge in [0.05, 0.1) is 23.3 Å². The third-order valence-corrected chi connectivity index (χ3v) is 6.89. The smallest absolute Gasteiger partial charge is 0.370 e. The second-order valence-electron chi connectivity index (χ2n) is 9.24. The van der Waals surface area contributed by atoms with Crippen LogP contribution in [0.1, 0.15) is 54.0 Å². The molecule has 0 saturated carbocycles. The Morgan fingerprint density at radius 2 is 1.51 bits per heavy atom. The average molecular weight is 577 g/mol. The Balaban J connectivity index is 0.00000241. The zero-order valence-corrected chi connectivity index (χ0v) is 21.5. The Morgan fingerprint density at radius 1 is 0.919 bits per heavy atom. The van der Waals surface area contributed by atoms with Crippen LogP contribution in [0.5, 0.6) is 0 Å². The van der Waals surface area contributed by atoms with Gasteiger partial charge in [-0.15, -0.1) is 24.8 Å². The lowest BCUT2D eigenvalue weighted by Gasteiger charge is -2.42. The van der Waals surface area contributed by atoms with E-state index in [0.717, 1.165) is 25.1 Å². The maximum absolute atomic E-state index is 13.5. The van der Waals surface area contributed by atoms with Crippen molar-refractivity contribution in [2.75, 3.05) is 26.2 Å². The van der Waals surface area contributed by atoms with Gasteiger partial charge in [0.2, 0.25) is 0 Å². The topological polar surface area (TPSA) is 24.5 Å². The summed E-state index contributed by atoms with van der Waals surface area (Å²) in [6.07, 6.45) is -9.77. The number of hydrogen-bond donors (Lipinski definition) is 1. The van der Waals surface area contributed by atoms with E-state index in [2.05, 4.69) is 10.2 Å². The van der Waals surface area contributed by atoms with Crippen LogP contribution < -0.4 is 5.32 Å². The molecule has 2 aliphatic rings. The van der Waals surface area contributed by atoms with Gasteiger partial charge in [0.15, 0.2) is 0 Å². The molecule has 4 rings (SSSR count). The van der Waals surface area contributed by atoms with Crippen molar-refractivity contribution in [3.05, 3.63) is 70.5 Å². The Kier molecular flexibility index (Phi) is 10.7. The van der Waals surface area contributed by atoms with E-state index in [1.54, 1.807) is 12.1 Å². The maximum atomic E-state index is 13.5. The quantitative estimate of drug-likeness (QED) is 0.388. The van der Waals surface area contributed by atoms with Crippen molar-refractivity contribution in [2.45, 2.75) is 56.3 Å². The van der Waals surface area contributed by atoms with Gasteiger partial charge in [-0.3, -0.25) is 4.90 Å². The first-order valence-corrected chi connectivity index (χ1v) is 11.6. The van der Waals surface area contributed by atoms with Crippen molar-refractivity contribution in [3.63, 3.8) is 0 Å². The van der Waals surface area contributed by atoms with Gasteiger partial charge in [0, 0.05) is 31.6 Å². The van der Waals surface area contributed by atoms with E-state index in [-0.39, 0.29) is 42.4 Å². The van der Waals surface area contributed by atoms with E-state index in [1.807, 2.05) is 0 Å². The molecule has 0 bridgehead atoms. The highest BCUT2D eigenvalue weighted by Gasteiger charge is 2.39. The second-order valence-corrected chi connectivity index (χ2v) is 9.24. The number of rotatable bonds is 5. The highest BCUT2D eigenvalue weighted by molar-refractivity contribution is 5.85. The van der Waals surface area contributed by atoms with Crippen molar-refractivity contribution >= 4 is 24.8 Å². The predicted octanol–water partition coefficient (Wildman–Crippen LogP) is 7.00. The first-order valence-electron chi connectivity index (χ1n) is 11.6. The van der Waals surface area contributed by atoms with Gasteiger partial charge in [0.1, 0.15) is 5.82 Å². The first-order chi connectivity index (χ1) is 16.4. The largest absolute Gasteiger partial charge is 0.416 e. The van der Waals surface area contributed by atoms with Crippen molar-refractivity contribution in [1.29, 1.82) is 0 Å². The average Bonchev–Trinajstić information content (AvgIpc) is 3.33. The molecule has 37 heavy (non-hydrogen) atoms. The molecule has 0 aliphatic carbocycles. The summed E-state index contributed by atoms with van der Waals surface area (Å²) < 4.78 is 99.6. The third kappa shape index (κ3) is 7.72. The van der Waals surface area contributed by atoms with Crippen LogP contribution in [0.15, 0.2) is 42.5 Å². The van der Waals surface area contributed by atoms with Crippen LogP contribution in [0.25, 0.3) is 0 Å². The van der Waals surface area contributed by atoms with Crippen LogP contribution in [0.2, 0.25) is 0 Å². The molecule has 208 valence electrons. The molecule has 0 amide bonds. The Morgan fingerprint density at radius 3 is 2.03 bits per heavy atom. The fourth-order valence-corrected chi connectivity index (χ4v) is 4.99. The molecular formula is C25H29Cl2F7N2O. The summed E-state index contributed by atoms with van der Waals surface area (Å²) in [5, 5.41) is 3.33. The summed E-state index contributed by atoms with van der Waals surface area (Å²) in [6.45, 7) is 4.52. The van der Waals surface area contributed by atoms with E-state index in [9.17, 15) is 30.7 Å². The lowest BCUT2D eigenvalue weighted by molar-refractivity contribution is -0.143. The van der Waals surface area contributed by atoms with Gasteiger partial charge in [0.25, 0.3) is 0 Å². The van der Waals surface area contributed by atoms with Gasteiger partial charge in [-0.25, -0.2) is 4.39 Å². The van der Waals surface area contributed by atoms with Crippen molar-refractivity contribution in [1.82, 2.24) is 10.2 Å². The summed E-state index contributed by atoms with van der Waals surface area (Å²) in [6, 6.07) is 7.88. The highest BCUT2D eigenvalue weighted by atomic mass is 35.5. The fraction of sp³-hybridized carbons (Fsp3) is 0.520. The SMILES string of the molecule is C[C@@H](O[C@H]1CCN(C2CCNC2)C[C@@H]1c1ccc(F)cc1)c1cc(C(F)(F)F)cc(C(F)(F)F)c1.Cl.Cl. The molecular weight excluding hydrogens is 548 g/mol. The van der Waals surface area contributed by atoms with E-state index in [4.69, 9.17) is 4.74 Å². The molecule has 12 heteroatoms. The van der Waals surface area contributed by atoms with Gasteiger partial charge < -0.3 is 10.1 Å². The predicted molar refractivity (Wildman–Crippen MR) is 131 cm³/mol. The van der Waals surface area contributed by atoms with Crippen LogP contribution in [0, 0.1) is 5.82 Å². The summed E-state index contributed by atoms with van der Waals surface area (Å²) in [7, 11) is 0. The number of alkyl halides is 6. The Hall–Kier alpha value is -1.59. The number of hydrogen-bond acceptors (Lipinski definition) is 3. The number of ether oxygens (including phenoxy) is 1. The molecule has 0 spiro atoms. The highest BCUT2D eigenvalue weighted by Crippen LogP contribution is 2.40. The zero-order chi connectivity index (χ0) is 25.4. The second kappa shape index (κ2) is 12.5. The molecule has 2 fully saturated rings. The van der Waals surface area contributed by atoms with E-state index >= 15 is 0 Å². The number of nitrogens with one attached hydrogen (secondary N) is 1. The standard InChI is InChI=1S/C25H27F7N2O.2ClH/c1-15(17-10-18(24(27,28)29)12-19(11-17)25(30,31)32)35-23-7-9-34(21-6-8-33-13-21)14-22(23)16-2-4-20(26)5-3-16;;/h2-5,10-12,15,21-23,33H,6-9,13-14H2,1H3;2*1H/t15-,21?,22-,23+;;/m1../s1. The van der Waals surface area contributed by atoms with Crippen molar-refractivity contribution < 1.29 is 35.5 Å². The zero-order valence-electron chi connectivity index (χ0n) is 19.9. The number of nitrogens with zero attached hydrogens (tertiary/aromatic N) is 1. The Labute approximate surface area is 223 Å². The molecule has 2 saturated heterocycles. The van der Waals surface area contributed by atoms with Crippen LogP contribution in [-0.2, 0) is 17.1 Å². The fourth-order valence-electron chi connectivity index (χ4n) is 4.99. The van der Waals surface area contributed by atoms with Gasteiger partial charge in [-0.1, -0.05) is 12.1 Å². The minimum atomic E-state index is -4.92. The molecule has 2 aromatic carbocycles. The molecule has 1 unspecified atom stereocenters. The molecule has 2 heterocycles. The monoisotopic (exact) mass is 576 g/mol. The van der Waals surface area contributed by atoms with E-state index in [0.29, 0.717) is 37.7 Å². The molecule has 4 atom stereocenters.